The molecule has 2 rings (SSSR count). The highest BCUT2D eigenvalue weighted by atomic mass is 32.2. The van der Waals surface area contributed by atoms with Crippen LogP contribution in [0.5, 0.6) is 0 Å². The zero-order valence-electron chi connectivity index (χ0n) is 15.8. The van der Waals surface area contributed by atoms with Gasteiger partial charge < -0.3 is 0 Å². The molecule has 0 aliphatic rings. The lowest BCUT2D eigenvalue weighted by Gasteiger charge is -2.23. The number of aryl methyl sites for hydroxylation is 1. The van der Waals surface area contributed by atoms with E-state index < -0.39 is 15.9 Å². The molecule has 7 nitrogen and oxygen atoms in total. The number of anilines is 2. The second-order valence-corrected chi connectivity index (χ2v) is 10.5. The van der Waals surface area contributed by atoms with E-state index in [1.807, 2.05) is 19.1 Å². The Morgan fingerprint density at radius 1 is 1.30 bits per heavy atom. The summed E-state index contributed by atoms with van der Waals surface area (Å²) in [5, 5.41) is 11.0. The van der Waals surface area contributed by atoms with Gasteiger partial charge in [-0.2, -0.15) is 0 Å². The van der Waals surface area contributed by atoms with Gasteiger partial charge in [0.1, 0.15) is 6.54 Å². The normalized spacial score (nSPS) is 11.6. The summed E-state index contributed by atoms with van der Waals surface area (Å²) < 4.78 is 26.4. The Labute approximate surface area is 168 Å². The first-order valence-corrected chi connectivity index (χ1v) is 12.2. The van der Waals surface area contributed by atoms with E-state index in [-0.39, 0.29) is 6.54 Å². The summed E-state index contributed by atoms with van der Waals surface area (Å²) in [4.78, 5) is 12.4. The van der Waals surface area contributed by atoms with Crippen LogP contribution in [-0.2, 0) is 21.2 Å². The molecule has 0 bridgehead atoms. The number of hydrogen-bond donors (Lipinski definition) is 1. The van der Waals surface area contributed by atoms with E-state index in [9.17, 15) is 13.2 Å². The van der Waals surface area contributed by atoms with Crippen molar-refractivity contribution in [1.29, 1.82) is 0 Å². The van der Waals surface area contributed by atoms with Gasteiger partial charge in [-0.1, -0.05) is 62.1 Å². The van der Waals surface area contributed by atoms with Crippen LogP contribution >= 0.6 is 23.1 Å². The first kappa shape index (κ1) is 21.6. The maximum atomic E-state index is 12.4. The third-order valence-electron chi connectivity index (χ3n) is 3.52. The molecule has 0 atom stereocenters. The number of nitrogens with zero attached hydrogens (tertiary/aromatic N) is 3. The number of carbonyl (C=O) groups excluding carboxylic acids is 1. The fourth-order valence-corrected chi connectivity index (χ4v) is 4.91. The van der Waals surface area contributed by atoms with Gasteiger partial charge in [0.05, 0.1) is 11.9 Å². The van der Waals surface area contributed by atoms with Gasteiger partial charge in [-0.15, -0.1) is 10.2 Å². The van der Waals surface area contributed by atoms with Gasteiger partial charge >= 0.3 is 0 Å². The first-order valence-electron chi connectivity index (χ1n) is 8.52. The molecule has 0 unspecified atom stereocenters. The van der Waals surface area contributed by atoms with Gasteiger partial charge in [0.25, 0.3) is 0 Å². The molecule has 27 heavy (non-hydrogen) atoms. The molecule has 0 radical (unpaired) electrons. The average Bonchev–Trinajstić information content (AvgIpc) is 3.04. The Bertz CT molecular complexity index is 881. The Balaban J connectivity index is 2.11. The molecule has 2 aromatic rings. The van der Waals surface area contributed by atoms with E-state index in [1.54, 1.807) is 23.9 Å². The van der Waals surface area contributed by atoms with Crippen molar-refractivity contribution in [2.75, 3.05) is 28.2 Å². The van der Waals surface area contributed by atoms with Crippen molar-refractivity contribution in [3.63, 3.8) is 0 Å². The topological polar surface area (TPSA) is 92.3 Å². The molecule has 0 saturated carbocycles. The molecular formula is C17H24N4O3S3. The Hall–Kier alpha value is -1.65. The molecule has 0 aliphatic heterocycles. The SMILES string of the molecule is CCc1ccccc1N(CC(=O)Nc1nnc(SCC(C)C)s1)S(C)(=O)=O. The van der Waals surface area contributed by atoms with E-state index in [2.05, 4.69) is 29.4 Å². The Morgan fingerprint density at radius 2 is 2.00 bits per heavy atom. The van der Waals surface area contributed by atoms with Crippen molar-refractivity contribution < 1.29 is 13.2 Å². The quantitative estimate of drug-likeness (QED) is 0.487. The van der Waals surface area contributed by atoms with Crippen LogP contribution in [-0.4, -0.2) is 43.1 Å². The predicted octanol–water partition coefficient (Wildman–Crippen LogP) is 3.25. The van der Waals surface area contributed by atoms with Crippen LogP contribution < -0.4 is 9.62 Å². The zero-order chi connectivity index (χ0) is 20.0. The van der Waals surface area contributed by atoms with E-state index in [0.29, 0.717) is 23.2 Å². The zero-order valence-corrected chi connectivity index (χ0v) is 18.2. The highest BCUT2D eigenvalue weighted by Gasteiger charge is 2.23. The summed E-state index contributed by atoms with van der Waals surface area (Å²) in [6.45, 7) is 5.86. The smallest absolute Gasteiger partial charge is 0.246 e. The number of nitrogens with one attached hydrogen (secondary N) is 1. The van der Waals surface area contributed by atoms with E-state index >= 15 is 0 Å². The average molecular weight is 429 g/mol. The molecule has 10 heteroatoms. The van der Waals surface area contributed by atoms with Gasteiger partial charge in [-0.3, -0.25) is 14.4 Å². The van der Waals surface area contributed by atoms with E-state index in [1.165, 1.54) is 11.3 Å². The fraction of sp³-hybridized carbons (Fsp3) is 0.471. The number of thioether (sulfide) groups is 1. The summed E-state index contributed by atoms with van der Waals surface area (Å²) in [5.74, 6) is 0.986. The maximum Gasteiger partial charge on any atom is 0.246 e. The summed E-state index contributed by atoms with van der Waals surface area (Å²) >= 11 is 2.87. The van der Waals surface area contributed by atoms with Crippen LogP contribution in [0.1, 0.15) is 26.3 Å². The van der Waals surface area contributed by atoms with Gasteiger partial charge in [-0.05, 0) is 24.0 Å². The lowest BCUT2D eigenvalue weighted by Crippen LogP contribution is -2.38. The maximum absolute atomic E-state index is 12.4. The summed E-state index contributed by atoms with van der Waals surface area (Å²) in [6.07, 6.45) is 1.76. The summed E-state index contributed by atoms with van der Waals surface area (Å²) in [6, 6.07) is 7.17. The molecule has 1 amide bonds. The van der Waals surface area contributed by atoms with Crippen molar-refractivity contribution in [1.82, 2.24) is 10.2 Å². The van der Waals surface area contributed by atoms with Crippen molar-refractivity contribution in [2.45, 2.75) is 31.5 Å². The number of amides is 1. The van der Waals surface area contributed by atoms with Crippen molar-refractivity contribution in [3.05, 3.63) is 29.8 Å². The molecular weight excluding hydrogens is 404 g/mol. The van der Waals surface area contributed by atoms with Crippen LogP contribution in [0.2, 0.25) is 0 Å². The van der Waals surface area contributed by atoms with Crippen molar-refractivity contribution >= 4 is 49.8 Å². The third kappa shape index (κ3) is 6.47. The molecule has 0 spiro atoms. The number of rotatable bonds is 9. The fourth-order valence-electron chi connectivity index (χ4n) is 2.28. The molecule has 1 heterocycles. The molecule has 1 aromatic heterocycles. The van der Waals surface area contributed by atoms with Crippen LogP contribution in [0.3, 0.4) is 0 Å². The van der Waals surface area contributed by atoms with Gasteiger partial charge in [0, 0.05) is 5.75 Å². The van der Waals surface area contributed by atoms with Gasteiger partial charge in [0.15, 0.2) is 4.34 Å². The summed E-state index contributed by atoms with van der Waals surface area (Å²) in [7, 11) is -3.62. The highest BCUT2D eigenvalue weighted by Crippen LogP contribution is 2.27. The number of carbonyl (C=O) groups is 1. The van der Waals surface area contributed by atoms with Crippen molar-refractivity contribution in [3.8, 4) is 0 Å². The number of hydrogen-bond acceptors (Lipinski definition) is 7. The van der Waals surface area contributed by atoms with E-state index in [4.69, 9.17) is 0 Å². The van der Waals surface area contributed by atoms with Crippen LogP contribution in [0, 0.1) is 5.92 Å². The first-order chi connectivity index (χ1) is 12.7. The van der Waals surface area contributed by atoms with Gasteiger partial charge in [-0.25, -0.2) is 8.42 Å². The standard InChI is InChI=1S/C17H24N4O3S3/c1-5-13-8-6-7-9-14(13)21(27(4,23)24)10-15(22)18-16-19-20-17(26-16)25-11-12(2)3/h6-9,12H,5,10-11H2,1-4H3,(H,18,19,22). The second kappa shape index (κ2) is 9.52. The monoisotopic (exact) mass is 428 g/mol. The van der Waals surface area contributed by atoms with Crippen LogP contribution in [0.25, 0.3) is 0 Å². The molecule has 0 fully saturated rings. The molecule has 1 aromatic carbocycles. The van der Waals surface area contributed by atoms with Crippen LogP contribution in [0.4, 0.5) is 10.8 Å². The number of para-hydroxylation sites is 1. The molecule has 148 valence electrons. The minimum Gasteiger partial charge on any atom is -0.299 e. The highest BCUT2D eigenvalue weighted by molar-refractivity contribution is 8.01. The second-order valence-electron chi connectivity index (χ2n) is 6.38. The lowest BCUT2D eigenvalue weighted by atomic mass is 10.1. The lowest BCUT2D eigenvalue weighted by molar-refractivity contribution is -0.114. The largest absolute Gasteiger partial charge is 0.299 e. The number of benzene rings is 1. The minimum absolute atomic E-state index is 0.316. The number of sulfonamides is 1. The predicted molar refractivity (Wildman–Crippen MR) is 112 cm³/mol. The third-order valence-corrected chi connectivity index (χ3v) is 7.05. The molecule has 0 saturated heterocycles. The minimum atomic E-state index is -3.62. The number of aromatic nitrogens is 2. The summed E-state index contributed by atoms with van der Waals surface area (Å²) in [5.41, 5.74) is 1.38. The van der Waals surface area contributed by atoms with E-state index in [0.717, 1.165) is 26.2 Å². The molecule has 1 N–H and O–H groups in total. The molecule has 0 aliphatic carbocycles. The van der Waals surface area contributed by atoms with Gasteiger partial charge in [0.2, 0.25) is 21.1 Å². The van der Waals surface area contributed by atoms with Crippen LogP contribution in [0.15, 0.2) is 28.6 Å². The Kier molecular flexibility index (Phi) is 7.63. The Morgan fingerprint density at radius 3 is 2.63 bits per heavy atom. The van der Waals surface area contributed by atoms with Crippen molar-refractivity contribution in [2.24, 2.45) is 5.92 Å².